The van der Waals surface area contributed by atoms with E-state index in [0.29, 0.717) is 17.0 Å². The second-order valence-electron chi connectivity index (χ2n) is 4.05. The van der Waals surface area contributed by atoms with Crippen molar-refractivity contribution in [2.75, 3.05) is 7.11 Å². The van der Waals surface area contributed by atoms with Crippen LogP contribution in [0.3, 0.4) is 0 Å². The van der Waals surface area contributed by atoms with Gasteiger partial charge in [-0.05, 0) is 30.7 Å². The Kier molecular flexibility index (Phi) is 3.70. The van der Waals surface area contributed by atoms with E-state index in [0.717, 1.165) is 5.56 Å². The van der Waals surface area contributed by atoms with Gasteiger partial charge in [-0.2, -0.15) is 0 Å². The molecule has 0 amide bonds. The molecule has 2 rings (SSSR count). The summed E-state index contributed by atoms with van der Waals surface area (Å²) in [5.41, 5.74) is 1.59. The van der Waals surface area contributed by atoms with Gasteiger partial charge in [0, 0.05) is 17.5 Å². The molecule has 0 aliphatic heterocycles. The summed E-state index contributed by atoms with van der Waals surface area (Å²) in [5, 5.41) is 14.0. The molecule has 19 heavy (non-hydrogen) atoms. The summed E-state index contributed by atoms with van der Waals surface area (Å²) in [5.74, 6) is -0.213. The molecule has 0 radical (unpaired) electrons. The standard InChI is InChI=1S/C13H14N2O4/c1-19-9-4-2-8(3-5-9)12-10(6-7-11(16)17)13(18)15-14-12/h2-5H,6-7H2,1H3,(H,16,17)(H2,14,15,18). The van der Waals surface area contributed by atoms with Gasteiger partial charge in [-0.3, -0.25) is 19.8 Å². The number of nitrogens with one attached hydrogen (secondary N) is 2. The molecule has 100 valence electrons. The highest BCUT2D eigenvalue weighted by Gasteiger charge is 2.13. The van der Waals surface area contributed by atoms with Crippen LogP contribution >= 0.6 is 0 Å². The number of hydrogen-bond acceptors (Lipinski definition) is 3. The Hall–Kier alpha value is -2.50. The van der Waals surface area contributed by atoms with Gasteiger partial charge in [0.05, 0.1) is 12.8 Å². The Morgan fingerprint density at radius 1 is 1.26 bits per heavy atom. The number of benzene rings is 1. The fourth-order valence-electron chi connectivity index (χ4n) is 1.86. The van der Waals surface area contributed by atoms with Crippen LogP contribution in [0.15, 0.2) is 29.1 Å². The molecular formula is C13H14N2O4. The average molecular weight is 262 g/mol. The van der Waals surface area contributed by atoms with Gasteiger partial charge in [0.25, 0.3) is 5.56 Å². The van der Waals surface area contributed by atoms with Crippen LogP contribution in [0.25, 0.3) is 11.3 Å². The predicted molar refractivity (Wildman–Crippen MR) is 69.4 cm³/mol. The number of carboxylic acid groups (broad SMARTS) is 1. The largest absolute Gasteiger partial charge is 0.497 e. The van der Waals surface area contributed by atoms with Gasteiger partial charge in [0.1, 0.15) is 5.75 Å². The molecular weight excluding hydrogens is 248 g/mol. The molecule has 0 fully saturated rings. The molecule has 0 aliphatic carbocycles. The smallest absolute Gasteiger partial charge is 0.303 e. The van der Waals surface area contributed by atoms with Crippen molar-refractivity contribution in [3.05, 3.63) is 40.2 Å². The maximum atomic E-state index is 11.6. The summed E-state index contributed by atoms with van der Waals surface area (Å²) in [4.78, 5) is 22.2. The average Bonchev–Trinajstić information content (AvgIpc) is 2.78. The maximum absolute atomic E-state index is 11.6. The lowest BCUT2D eigenvalue weighted by Crippen LogP contribution is -2.08. The first kappa shape index (κ1) is 12.9. The minimum atomic E-state index is -0.929. The zero-order valence-corrected chi connectivity index (χ0v) is 10.4. The Morgan fingerprint density at radius 2 is 1.95 bits per heavy atom. The van der Waals surface area contributed by atoms with Crippen LogP contribution in [0.4, 0.5) is 0 Å². The molecule has 0 saturated carbocycles. The fraction of sp³-hybridized carbons (Fsp3) is 0.231. The first-order valence-corrected chi connectivity index (χ1v) is 5.77. The van der Waals surface area contributed by atoms with E-state index in [9.17, 15) is 9.59 Å². The SMILES string of the molecule is COc1ccc(-c2[nH][nH]c(=O)c2CCC(=O)O)cc1. The summed E-state index contributed by atoms with van der Waals surface area (Å²) in [6.07, 6.45) is 0.111. The third kappa shape index (κ3) is 2.85. The van der Waals surface area contributed by atoms with Gasteiger partial charge in [-0.15, -0.1) is 0 Å². The van der Waals surface area contributed by atoms with Crippen LogP contribution in [-0.2, 0) is 11.2 Å². The number of carboxylic acids is 1. The first-order chi connectivity index (χ1) is 9.11. The Balaban J connectivity index is 2.33. The van der Waals surface area contributed by atoms with E-state index in [1.54, 1.807) is 19.2 Å². The molecule has 0 spiro atoms. The van der Waals surface area contributed by atoms with Crippen molar-refractivity contribution >= 4 is 5.97 Å². The number of carbonyl (C=O) groups is 1. The van der Waals surface area contributed by atoms with E-state index in [1.807, 2.05) is 12.1 Å². The molecule has 1 aromatic carbocycles. The summed E-state index contributed by atoms with van der Waals surface area (Å²) in [7, 11) is 1.57. The van der Waals surface area contributed by atoms with Crippen molar-refractivity contribution < 1.29 is 14.6 Å². The molecule has 0 aliphatic rings. The minimum Gasteiger partial charge on any atom is -0.497 e. The topological polar surface area (TPSA) is 95.2 Å². The first-order valence-electron chi connectivity index (χ1n) is 5.77. The van der Waals surface area contributed by atoms with Crippen molar-refractivity contribution in [1.82, 2.24) is 10.2 Å². The number of rotatable bonds is 5. The van der Waals surface area contributed by atoms with Crippen molar-refractivity contribution in [2.24, 2.45) is 0 Å². The molecule has 3 N–H and O–H groups in total. The van der Waals surface area contributed by atoms with E-state index in [1.165, 1.54) is 0 Å². The second kappa shape index (κ2) is 5.43. The molecule has 6 nitrogen and oxygen atoms in total. The van der Waals surface area contributed by atoms with Crippen molar-refractivity contribution in [3.63, 3.8) is 0 Å². The molecule has 0 bridgehead atoms. The fourth-order valence-corrected chi connectivity index (χ4v) is 1.86. The third-order valence-corrected chi connectivity index (χ3v) is 2.84. The molecule has 0 unspecified atom stereocenters. The lowest BCUT2D eigenvalue weighted by atomic mass is 10.0. The monoisotopic (exact) mass is 262 g/mol. The van der Waals surface area contributed by atoms with Crippen LogP contribution in [0.1, 0.15) is 12.0 Å². The van der Waals surface area contributed by atoms with Crippen LogP contribution in [0.2, 0.25) is 0 Å². The van der Waals surface area contributed by atoms with Gasteiger partial charge in [0.15, 0.2) is 0 Å². The lowest BCUT2D eigenvalue weighted by Gasteiger charge is -2.03. The summed E-state index contributed by atoms with van der Waals surface area (Å²) in [6.45, 7) is 0. The second-order valence-corrected chi connectivity index (χ2v) is 4.05. The van der Waals surface area contributed by atoms with Gasteiger partial charge in [-0.25, -0.2) is 0 Å². The Bertz CT molecular complexity index is 625. The van der Waals surface area contributed by atoms with Crippen LogP contribution in [-0.4, -0.2) is 28.4 Å². The van der Waals surface area contributed by atoms with Crippen molar-refractivity contribution in [1.29, 1.82) is 0 Å². The van der Waals surface area contributed by atoms with Gasteiger partial charge in [0.2, 0.25) is 0 Å². The maximum Gasteiger partial charge on any atom is 0.303 e. The zero-order chi connectivity index (χ0) is 13.8. The molecule has 0 atom stereocenters. The van der Waals surface area contributed by atoms with Crippen molar-refractivity contribution in [3.8, 4) is 17.0 Å². The van der Waals surface area contributed by atoms with E-state index in [-0.39, 0.29) is 18.4 Å². The van der Waals surface area contributed by atoms with Gasteiger partial charge >= 0.3 is 5.97 Å². The quantitative estimate of drug-likeness (QED) is 0.758. The molecule has 1 heterocycles. The normalized spacial score (nSPS) is 10.4. The number of ether oxygens (including phenoxy) is 1. The molecule has 1 aromatic heterocycles. The minimum absolute atomic E-state index is 0.0793. The van der Waals surface area contributed by atoms with Crippen LogP contribution < -0.4 is 10.3 Å². The van der Waals surface area contributed by atoms with Crippen molar-refractivity contribution in [2.45, 2.75) is 12.8 Å². The van der Waals surface area contributed by atoms with E-state index in [2.05, 4.69) is 10.2 Å². The molecule has 0 saturated heterocycles. The third-order valence-electron chi connectivity index (χ3n) is 2.84. The molecule has 6 heteroatoms. The number of hydrogen-bond donors (Lipinski definition) is 3. The van der Waals surface area contributed by atoms with E-state index in [4.69, 9.17) is 9.84 Å². The predicted octanol–water partition coefficient (Wildman–Crippen LogP) is 1.40. The van der Waals surface area contributed by atoms with Crippen LogP contribution in [0.5, 0.6) is 5.75 Å². The summed E-state index contributed by atoms with van der Waals surface area (Å²) in [6, 6.07) is 7.17. The Morgan fingerprint density at radius 3 is 2.53 bits per heavy atom. The highest BCUT2D eigenvalue weighted by molar-refractivity contribution is 5.69. The summed E-state index contributed by atoms with van der Waals surface area (Å²) < 4.78 is 5.06. The zero-order valence-electron chi connectivity index (χ0n) is 10.4. The number of methoxy groups -OCH3 is 1. The molecule has 2 aromatic rings. The van der Waals surface area contributed by atoms with E-state index < -0.39 is 5.97 Å². The number of H-pyrrole nitrogens is 2. The highest BCUT2D eigenvalue weighted by Crippen LogP contribution is 2.22. The Labute approximate surface area is 109 Å². The highest BCUT2D eigenvalue weighted by atomic mass is 16.5. The van der Waals surface area contributed by atoms with Crippen LogP contribution in [0, 0.1) is 0 Å². The number of aromatic nitrogens is 2. The number of aromatic amines is 2. The van der Waals surface area contributed by atoms with Gasteiger partial charge < -0.3 is 9.84 Å². The van der Waals surface area contributed by atoms with Gasteiger partial charge in [-0.1, -0.05) is 0 Å². The van der Waals surface area contributed by atoms with E-state index >= 15 is 0 Å². The lowest BCUT2D eigenvalue weighted by molar-refractivity contribution is -0.136. The number of aliphatic carboxylic acids is 1. The summed E-state index contributed by atoms with van der Waals surface area (Å²) >= 11 is 0.